The van der Waals surface area contributed by atoms with E-state index in [1.54, 1.807) is 6.08 Å². The zero-order chi connectivity index (χ0) is 25.0. The average molecular weight is 497 g/mol. The van der Waals surface area contributed by atoms with Crippen LogP contribution < -0.4 is 14.8 Å². The average Bonchev–Trinajstić information content (AvgIpc) is 3.50. The number of para-hydroxylation sites is 1. The Hall–Kier alpha value is -4.14. The Morgan fingerprint density at radius 3 is 2.57 bits per heavy atom. The summed E-state index contributed by atoms with van der Waals surface area (Å²) in [5, 5.41) is 23.6. The zero-order valence-corrected chi connectivity index (χ0v) is 20.4. The smallest absolute Gasteiger partial charge is 0.172 e. The number of benzene rings is 3. The van der Waals surface area contributed by atoms with Crippen molar-refractivity contribution in [3.8, 4) is 17.2 Å². The van der Waals surface area contributed by atoms with E-state index in [0.717, 1.165) is 54.5 Å². The summed E-state index contributed by atoms with van der Waals surface area (Å²) in [6.45, 7) is 5.17. The van der Waals surface area contributed by atoms with Gasteiger partial charge in [0.2, 0.25) is 0 Å². The highest BCUT2D eigenvalue weighted by Gasteiger charge is 2.23. The number of hydrogen-bond acceptors (Lipinski definition) is 8. The summed E-state index contributed by atoms with van der Waals surface area (Å²) in [4.78, 5) is 2.36. The van der Waals surface area contributed by atoms with Gasteiger partial charge in [-0.05, 0) is 30.3 Å². The van der Waals surface area contributed by atoms with Crippen molar-refractivity contribution in [3.05, 3.63) is 83.6 Å². The molecule has 3 aromatic carbocycles. The highest BCUT2D eigenvalue weighted by molar-refractivity contribution is 5.95. The molecule has 8 nitrogen and oxygen atoms in total. The molecule has 0 unspecified atom stereocenters. The lowest BCUT2D eigenvalue weighted by molar-refractivity contribution is 0.206. The molecule has 0 radical (unpaired) electrons. The number of piperazine rings is 1. The number of azo groups is 1. The molecule has 188 valence electrons. The molecule has 1 aromatic heterocycles. The van der Waals surface area contributed by atoms with E-state index in [1.807, 2.05) is 66.7 Å². The normalized spacial score (nSPS) is 16.4. The van der Waals surface area contributed by atoms with Crippen LogP contribution in [0.15, 0.2) is 81.4 Å². The zero-order valence-electron chi connectivity index (χ0n) is 20.4. The van der Waals surface area contributed by atoms with Crippen LogP contribution in [-0.2, 0) is 6.54 Å². The minimum atomic E-state index is 0.0857. The molecule has 0 amide bonds. The van der Waals surface area contributed by atoms with Crippen molar-refractivity contribution >= 4 is 28.4 Å². The third-order valence-electron chi connectivity index (χ3n) is 6.58. The second kappa shape index (κ2) is 10.5. The van der Waals surface area contributed by atoms with Crippen LogP contribution in [0, 0.1) is 0 Å². The molecule has 0 aliphatic carbocycles. The van der Waals surface area contributed by atoms with Crippen LogP contribution in [0.5, 0.6) is 17.2 Å². The molecule has 37 heavy (non-hydrogen) atoms. The predicted molar refractivity (Wildman–Crippen MR) is 142 cm³/mol. The highest BCUT2D eigenvalue weighted by atomic mass is 16.5. The van der Waals surface area contributed by atoms with Gasteiger partial charge in [0.1, 0.15) is 30.3 Å². The second-order valence-electron chi connectivity index (χ2n) is 9.02. The minimum absolute atomic E-state index is 0.0857. The van der Waals surface area contributed by atoms with Gasteiger partial charge in [0.25, 0.3) is 0 Å². The lowest BCUT2D eigenvalue weighted by atomic mass is 10.1. The SMILES string of the molecule is Oc1c(C=C2N=Nc3ccccc32)oc2c(CN3CCNCC3)c(OCCOc3ccccc3)ccc12. The fourth-order valence-electron chi connectivity index (χ4n) is 4.68. The highest BCUT2D eigenvalue weighted by Crippen LogP contribution is 2.42. The van der Waals surface area contributed by atoms with Crippen LogP contribution in [0.1, 0.15) is 16.9 Å². The molecular weight excluding hydrogens is 468 g/mol. The minimum Gasteiger partial charge on any atom is -0.504 e. The monoisotopic (exact) mass is 496 g/mol. The Labute approximate surface area is 214 Å². The van der Waals surface area contributed by atoms with Gasteiger partial charge in [-0.3, -0.25) is 4.90 Å². The van der Waals surface area contributed by atoms with Gasteiger partial charge in [0, 0.05) is 44.4 Å². The van der Waals surface area contributed by atoms with Crippen molar-refractivity contribution in [3.63, 3.8) is 0 Å². The molecule has 3 heterocycles. The van der Waals surface area contributed by atoms with Gasteiger partial charge in [0.05, 0.1) is 22.3 Å². The lowest BCUT2D eigenvalue weighted by Gasteiger charge is -2.27. The first-order valence-electron chi connectivity index (χ1n) is 12.5. The number of nitrogens with one attached hydrogen (secondary N) is 1. The molecule has 1 fully saturated rings. The molecule has 0 saturated carbocycles. The summed E-state index contributed by atoms with van der Waals surface area (Å²) in [5.41, 5.74) is 3.89. The standard InChI is InChI=1S/C29H28N4O4/c34-28-22-10-11-26(36-17-16-35-20-6-2-1-3-7-20)23(19-33-14-12-30-13-15-33)29(22)37-27(28)18-25-21-8-4-5-9-24(21)31-32-25/h1-11,18,30,34H,12-17,19H2. The Bertz CT molecular complexity index is 1460. The van der Waals surface area contributed by atoms with E-state index < -0.39 is 0 Å². The van der Waals surface area contributed by atoms with E-state index in [2.05, 4.69) is 20.4 Å². The second-order valence-corrected chi connectivity index (χ2v) is 9.02. The topological polar surface area (TPSA) is 91.8 Å². The van der Waals surface area contributed by atoms with Crippen molar-refractivity contribution in [1.82, 2.24) is 10.2 Å². The summed E-state index contributed by atoms with van der Waals surface area (Å²) in [7, 11) is 0. The summed E-state index contributed by atoms with van der Waals surface area (Å²) < 4.78 is 18.3. The van der Waals surface area contributed by atoms with Crippen molar-refractivity contribution in [2.75, 3.05) is 39.4 Å². The molecule has 2 aliphatic heterocycles. The molecule has 2 aliphatic rings. The Morgan fingerprint density at radius 1 is 0.919 bits per heavy atom. The van der Waals surface area contributed by atoms with Gasteiger partial charge in [-0.1, -0.05) is 36.4 Å². The van der Waals surface area contributed by atoms with Crippen LogP contribution in [0.2, 0.25) is 0 Å². The number of rotatable bonds is 8. The van der Waals surface area contributed by atoms with Crippen LogP contribution in [-0.4, -0.2) is 49.4 Å². The summed E-state index contributed by atoms with van der Waals surface area (Å²) in [6, 6.07) is 21.2. The van der Waals surface area contributed by atoms with Gasteiger partial charge in [-0.15, -0.1) is 10.2 Å². The van der Waals surface area contributed by atoms with E-state index >= 15 is 0 Å². The molecule has 0 bridgehead atoms. The fourth-order valence-corrected chi connectivity index (χ4v) is 4.68. The Morgan fingerprint density at radius 2 is 1.70 bits per heavy atom. The molecule has 4 aromatic rings. The number of ether oxygens (including phenoxy) is 2. The molecule has 8 heteroatoms. The number of aromatic hydroxyl groups is 1. The van der Waals surface area contributed by atoms with Crippen LogP contribution in [0.3, 0.4) is 0 Å². The molecule has 6 rings (SSSR count). The molecule has 1 saturated heterocycles. The summed E-state index contributed by atoms with van der Waals surface area (Å²) in [6.07, 6.45) is 1.74. The van der Waals surface area contributed by atoms with Crippen molar-refractivity contribution in [2.45, 2.75) is 6.54 Å². The first-order valence-corrected chi connectivity index (χ1v) is 12.5. The predicted octanol–water partition coefficient (Wildman–Crippen LogP) is 5.60. The van der Waals surface area contributed by atoms with E-state index in [9.17, 15) is 5.11 Å². The van der Waals surface area contributed by atoms with Crippen molar-refractivity contribution in [2.24, 2.45) is 10.2 Å². The molecular formula is C29H28N4O4. The Kier molecular flexibility index (Phi) is 6.58. The summed E-state index contributed by atoms with van der Waals surface area (Å²) >= 11 is 0. The van der Waals surface area contributed by atoms with Gasteiger partial charge < -0.3 is 24.3 Å². The molecule has 2 N–H and O–H groups in total. The van der Waals surface area contributed by atoms with Gasteiger partial charge >= 0.3 is 0 Å². The van der Waals surface area contributed by atoms with E-state index in [-0.39, 0.29) is 5.75 Å². The van der Waals surface area contributed by atoms with Gasteiger partial charge in [-0.2, -0.15) is 0 Å². The lowest BCUT2D eigenvalue weighted by Crippen LogP contribution is -2.42. The first-order chi connectivity index (χ1) is 18.3. The van der Waals surface area contributed by atoms with Gasteiger partial charge in [0.15, 0.2) is 11.5 Å². The van der Waals surface area contributed by atoms with Crippen LogP contribution >= 0.6 is 0 Å². The van der Waals surface area contributed by atoms with Crippen LogP contribution in [0.4, 0.5) is 5.69 Å². The van der Waals surface area contributed by atoms with Crippen molar-refractivity contribution in [1.29, 1.82) is 0 Å². The van der Waals surface area contributed by atoms with Gasteiger partial charge in [-0.25, -0.2) is 0 Å². The third kappa shape index (κ3) is 4.94. The fraction of sp³-hybridized carbons (Fsp3) is 0.241. The van der Waals surface area contributed by atoms with E-state index in [1.165, 1.54) is 0 Å². The number of fused-ring (bicyclic) bond motifs is 2. The van der Waals surface area contributed by atoms with Crippen LogP contribution in [0.25, 0.3) is 22.7 Å². The number of hydrogen-bond donors (Lipinski definition) is 2. The quantitative estimate of drug-likeness (QED) is 0.309. The third-order valence-corrected chi connectivity index (χ3v) is 6.58. The van der Waals surface area contributed by atoms with Crippen molar-refractivity contribution < 1.29 is 19.0 Å². The maximum absolute atomic E-state index is 11.1. The Balaban J connectivity index is 1.30. The summed E-state index contributed by atoms with van der Waals surface area (Å²) in [5.74, 6) is 1.97. The number of nitrogens with zero attached hydrogens (tertiary/aromatic N) is 3. The maximum Gasteiger partial charge on any atom is 0.172 e. The first kappa shape index (κ1) is 23.3. The van der Waals surface area contributed by atoms with E-state index in [4.69, 9.17) is 13.9 Å². The van der Waals surface area contributed by atoms with E-state index in [0.29, 0.717) is 42.2 Å². The number of furan rings is 1. The molecule has 0 atom stereocenters. The largest absolute Gasteiger partial charge is 0.504 e. The maximum atomic E-state index is 11.1. The molecule has 0 spiro atoms.